The number of benzene rings is 1. The lowest BCUT2D eigenvalue weighted by Crippen LogP contribution is -2.60. The average molecular weight is 469 g/mol. The van der Waals surface area contributed by atoms with Gasteiger partial charge in [-0.05, 0) is 18.6 Å². The fourth-order valence-corrected chi connectivity index (χ4v) is 4.37. The molecule has 5 atom stereocenters. The van der Waals surface area contributed by atoms with Crippen LogP contribution in [-0.4, -0.2) is 67.7 Å². The second-order valence-electron chi connectivity index (χ2n) is 7.47. The maximum absolute atomic E-state index is 13.4. The molecule has 0 amide bonds. The van der Waals surface area contributed by atoms with Crippen LogP contribution in [0.1, 0.15) is 45.4 Å². The molecule has 0 unspecified atom stereocenters. The molecule has 0 spiro atoms. The summed E-state index contributed by atoms with van der Waals surface area (Å²) in [5.74, 6) is -2.25. The van der Waals surface area contributed by atoms with Gasteiger partial charge in [-0.1, -0.05) is 39.0 Å². The Hall–Kier alpha value is -1.21. The third-order valence-electron chi connectivity index (χ3n) is 4.97. The molecule has 11 heteroatoms. The molecular formula is C20H30F2O8S. The van der Waals surface area contributed by atoms with E-state index in [4.69, 9.17) is 13.7 Å². The van der Waals surface area contributed by atoms with E-state index in [1.54, 1.807) is 0 Å². The lowest BCUT2D eigenvalue weighted by molar-refractivity contribution is -0.295. The van der Waals surface area contributed by atoms with Crippen LogP contribution >= 0.6 is 0 Å². The largest absolute Gasteiger partial charge is 0.394 e. The summed E-state index contributed by atoms with van der Waals surface area (Å²) >= 11 is 0. The van der Waals surface area contributed by atoms with Crippen LogP contribution in [0.3, 0.4) is 0 Å². The Morgan fingerprint density at radius 1 is 1.00 bits per heavy atom. The fourth-order valence-electron chi connectivity index (χ4n) is 3.25. The molecule has 3 N–H and O–H groups in total. The smallest absolute Gasteiger partial charge is 0.297 e. The molecule has 8 nitrogen and oxygen atoms in total. The number of hydrogen-bond acceptors (Lipinski definition) is 8. The Morgan fingerprint density at radius 3 is 2.23 bits per heavy atom. The van der Waals surface area contributed by atoms with Gasteiger partial charge in [-0.2, -0.15) is 8.42 Å². The van der Waals surface area contributed by atoms with Crippen molar-refractivity contribution in [2.45, 2.75) is 81.1 Å². The summed E-state index contributed by atoms with van der Waals surface area (Å²) in [5.41, 5.74) is 0. The van der Waals surface area contributed by atoms with Crippen LogP contribution in [0.2, 0.25) is 0 Å². The van der Waals surface area contributed by atoms with Crippen molar-refractivity contribution < 1.29 is 46.2 Å². The van der Waals surface area contributed by atoms with Gasteiger partial charge in [0.05, 0.1) is 11.5 Å². The standard InChI is InChI=1S/C20H30F2O8S/c1-2-3-4-5-6-7-8-28-20-19(18(25)17(24)16(12-23)29-20)30-31(26,27)15-10-13(21)9-14(22)11-15/h9-11,16-20,23-25H,2-8,12H2,1H3/t16-,17-,18+,19-,20+/m1/s1. The molecule has 1 fully saturated rings. The first kappa shape index (κ1) is 26.0. The van der Waals surface area contributed by atoms with E-state index >= 15 is 0 Å². The zero-order chi connectivity index (χ0) is 23.0. The second-order valence-corrected chi connectivity index (χ2v) is 9.04. The molecule has 0 radical (unpaired) electrons. The number of aliphatic hydroxyl groups is 3. The maximum atomic E-state index is 13.4. The zero-order valence-corrected chi connectivity index (χ0v) is 18.1. The number of ether oxygens (including phenoxy) is 2. The van der Waals surface area contributed by atoms with Gasteiger partial charge in [-0.15, -0.1) is 0 Å². The van der Waals surface area contributed by atoms with Crippen molar-refractivity contribution in [2.75, 3.05) is 13.2 Å². The molecule has 1 aliphatic rings. The summed E-state index contributed by atoms with van der Waals surface area (Å²) in [6.45, 7) is 1.61. The van der Waals surface area contributed by atoms with E-state index in [1.807, 2.05) is 0 Å². The number of unbranched alkanes of at least 4 members (excludes halogenated alkanes) is 5. The van der Waals surface area contributed by atoms with Crippen molar-refractivity contribution in [1.29, 1.82) is 0 Å². The predicted molar refractivity (Wildman–Crippen MR) is 106 cm³/mol. The molecular weight excluding hydrogens is 438 g/mol. The molecule has 0 aliphatic carbocycles. The molecule has 178 valence electrons. The highest BCUT2D eigenvalue weighted by Gasteiger charge is 2.48. The molecule has 1 aromatic carbocycles. The van der Waals surface area contributed by atoms with E-state index in [9.17, 15) is 32.5 Å². The number of aliphatic hydroxyl groups excluding tert-OH is 3. The molecule has 2 rings (SSSR count). The van der Waals surface area contributed by atoms with Crippen molar-refractivity contribution >= 4 is 10.1 Å². The van der Waals surface area contributed by atoms with Gasteiger partial charge in [0.15, 0.2) is 12.4 Å². The van der Waals surface area contributed by atoms with Crippen LogP contribution in [0.25, 0.3) is 0 Å². The van der Waals surface area contributed by atoms with Crippen LogP contribution in [0, 0.1) is 11.6 Å². The molecule has 1 aromatic rings. The third-order valence-corrected chi connectivity index (χ3v) is 6.26. The Balaban J connectivity index is 2.10. The minimum atomic E-state index is -4.74. The monoisotopic (exact) mass is 468 g/mol. The Kier molecular flexibility index (Phi) is 10.2. The molecule has 0 saturated carbocycles. The Labute approximate surface area is 180 Å². The van der Waals surface area contributed by atoms with E-state index in [2.05, 4.69) is 6.92 Å². The van der Waals surface area contributed by atoms with E-state index in [0.29, 0.717) is 24.6 Å². The first-order chi connectivity index (χ1) is 14.7. The number of halogens is 2. The fraction of sp³-hybridized carbons (Fsp3) is 0.700. The second kappa shape index (κ2) is 12.1. The van der Waals surface area contributed by atoms with Crippen molar-refractivity contribution in [2.24, 2.45) is 0 Å². The third kappa shape index (κ3) is 7.41. The maximum Gasteiger partial charge on any atom is 0.297 e. The Bertz CT molecular complexity index is 771. The summed E-state index contributed by atoms with van der Waals surface area (Å²) in [6.07, 6.45) is -2.00. The normalized spacial score (nSPS) is 26.8. The highest BCUT2D eigenvalue weighted by Crippen LogP contribution is 2.28. The van der Waals surface area contributed by atoms with Crippen molar-refractivity contribution in [3.63, 3.8) is 0 Å². The summed E-state index contributed by atoms with van der Waals surface area (Å²) in [6, 6.07) is 1.63. The molecule has 0 aromatic heterocycles. The molecule has 1 heterocycles. The topological polar surface area (TPSA) is 123 Å². The molecule has 1 saturated heterocycles. The van der Waals surface area contributed by atoms with Crippen LogP contribution in [0.15, 0.2) is 23.1 Å². The minimum Gasteiger partial charge on any atom is -0.394 e. The van der Waals surface area contributed by atoms with Crippen LogP contribution in [-0.2, 0) is 23.8 Å². The van der Waals surface area contributed by atoms with Crippen LogP contribution in [0.4, 0.5) is 8.78 Å². The highest BCUT2D eigenvalue weighted by molar-refractivity contribution is 7.86. The first-order valence-electron chi connectivity index (χ1n) is 10.3. The summed E-state index contributed by atoms with van der Waals surface area (Å²) < 4.78 is 67.8. The summed E-state index contributed by atoms with van der Waals surface area (Å²) in [5, 5.41) is 29.8. The van der Waals surface area contributed by atoms with Gasteiger partial charge in [0.2, 0.25) is 0 Å². The van der Waals surface area contributed by atoms with Gasteiger partial charge < -0.3 is 24.8 Å². The van der Waals surface area contributed by atoms with Crippen LogP contribution < -0.4 is 0 Å². The average Bonchev–Trinajstić information content (AvgIpc) is 2.71. The minimum absolute atomic E-state index is 0.159. The molecule has 0 bridgehead atoms. The lowest BCUT2D eigenvalue weighted by atomic mass is 9.99. The van der Waals surface area contributed by atoms with Gasteiger partial charge >= 0.3 is 0 Å². The highest BCUT2D eigenvalue weighted by atomic mass is 32.2. The lowest BCUT2D eigenvalue weighted by Gasteiger charge is -2.41. The zero-order valence-electron chi connectivity index (χ0n) is 17.3. The quantitative estimate of drug-likeness (QED) is 0.314. The van der Waals surface area contributed by atoms with Gasteiger partial charge in [0, 0.05) is 12.7 Å². The number of rotatable bonds is 12. The first-order valence-corrected chi connectivity index (χ1v) is 11.7. The molecule has 31 heavy (non-hydrogen) atoms. The van der Waals surface area contributed by atoms with E-state index in [0.717, 1.165) is 32.1 Å². The van der Waals surface area contributed by atoms with Crippen molar-refractivity contribution in [3.8, 4) is 0 Å². The Morgan fingerprint density at radius 2 is 1.61 bits per heavy atom. The van der Waals surface area contributed by atoms with Gasteiger partial charge in [0.1, 0.15) is 29.9 Å². The van der Waals surface area contributed by atoms with Crippen LogP contribution in [0.5, 0.6) is 0 Å². The van der Waals surface area contributed by atoms with Gasteiger partial charge in [-0.3, -0.25) is 4.18 Å². The van der Waals surface area contributed by atoms with E-state index in [1.165, 1.54) is 0 Å². The van der Waals surface area contributed by atoms with Crippen molar-refractivity contribution in [1.82, 2.24) is 0 Å². The molecule has 1 aliphatic heterocycles. The van der Waals surface area contributed by atoms with Gasteiger partial charge in [-0.25, -0.2) is 8.78 Å². The van der Waals surface area contributed by atoms with Crippen molar-refractivity contribution in [3.05, 3.63) is 29.8 Å². The summed E-state index contributed by atoms with van der Waals surface area (Å²) in [7, 11) is -4.74. The van der Waals surface area contributed by atoms with E-state index in [-0.39, 0.29) is 6.61 Å². The SMILES string of the molecule is CCCCCCCCO[C@H]1O[C@H](CO)[C@@H](O)[C@H](O)[C@H]1OS(=O)(=O)c1cc(F)cc(F)c1. The number of hydrogen-bond donors (Lipinski definition) is 3. The predicted octanol–water partition coefficient (Wildman–Crippen LogP) is 1.85. The summed E-state index contributed by atoms with van der Waals surface area (Å²) in [4.78, 5) is -0.800. The van der Waals surface area contributed by atoms with Gasteiger partial charge in [0.25, 0.3) is 10.1 Å². The van der Waals surface area contributed by atoms with E-state index < -0.39 is 64.0 Å².